The minimum Gasteiger partial charge on any atom is -0.269 e. The SMILES string of the molecule is C=C\C(=C/C=C\N=C\C)C(C)C. The zero-order valence-electron chi connectivity index (χ0n) is 8.12. The molecular weight excluding hydrogens is 146 g/mol. The molecule has 12 heavy (non-hydrogen) atoms. The average molecular weight is 163 g/mol. The van der Waals surface area contributed by atoms with E-state index < -0.39 is 0 Å². The van der Waals surface area contributed by atoms with Crippen LogP contribution in [0, 0.1) is 5.92 Å². The molecule has 0 heterocycles. The van der Waals surface area contributed by atoms with Crippen LogP contribution in [0.4, 0.5) is 0 Å². The van der Waals surface area contributed by atoms with Crippen molar-refractivity contribution >= 4 is 6.21 Å². The van der Waals surface area contributed by atoms with E-state index in [1.165, 1.54) is 5.57 Å². The lowest BCUT2D eigenvalue weighted by atomic mass is 10.0. The van der Waals surface area contributed by atoms with Gasteiger partial charge in [-0.1, -0.05) is 32.6 Å². The Morgan fingerprint density at radius 1 is 1.42 bits per heavy atom. The van der Waals surface area contributed by atoms with Crippen molar-refractivity contribution in [3.8, 4) is 0 Å². The molecule has 0 saturated carbocycles. The minimum absolute atomic E-state index is 0.526. The van der Waals surface area contributed by atoms with E-state index in [0.717, 1.165) is 0 Å². The van der Waals surface area contributed by atoms with Gasteiger partial charge < -0.3 is 0 Å². The molecule has 0 aromatic rings. The summed E-state index contributed by atoms with van der Waals surface area (Å²) in [7, 11) is 0. The first-order chi connectivity index (χ1) is 5.72. The first kappa shape index (κ1) is 10.9. The summed E-state index contributed by atoms with van der Waals surface area (Å²) in [5.41, 5.74) is 1.23. The maximum absolute atomic E-state index is 3.95. The second-order valence-corrected chi connectivity index (χ2v) is 2.77. The molecule has 0 N–H and O–H groups in total. The van der Waals surface area contributed by atoms with Crippen molar-refractivity contribution in [2.75, 3.05) is 0 Å². The van der Waals surface area contributed by atoms with Gasteiger partial charge in [0.05, 0.1) is 0 Å². The summed E-state index contributed by atoms with van der Waals surface area (Å²) < 4.78 is 0. The standard InChI is InChI=1S/C11H17N/c1-5-11(10(3)4)8-7-9-12-6-2/h5-10H,1H2,2-4H3/b9-7-,11-8+,12-6+. The highest BCUT2D eigenvalue weighted by atomic mass is 14.6. The summed E-state index contributed by atoms with van der Waals surface area (Å²) >= 11 is 0. The van der Waals surface area contributed by atoms with Gasteiger partial charge in [-0.05, 0) is 24.5 Å². The third kappa shape index (κ3) is 4.67. The van der Waals surface area contributed by atoms with Crippen molar-refractivity contribution < 1.29 is 0 Å². The molecule has 1 heteroatoms. The highest BCUT2D eigenvalue weighted by Crippen LogP contribution is 2.09. The van der Waals surface area contributed by atoms with Crippen molar-refractivity contribution in [2.45, 2.75) is 20.8 Å². The van der Waals surface area contributed by atoms with E-state index in [4.69, 9.17) is 0 Å². The number of allylic oxidation sites excluding steroid dienone is 4. The van der Waals surface area contributed by atoms with Gasteiger partial charge in [0.2, 0.25) is 0 Å². The minimum atomic E-state index is 0.526. The lowest BCUT2D eigenvalue weighted by molar-refractivity contribution is 0.792. The molecule has 0 aliphatic heterocycles. The lowest BCUT2D eigenvalue weighted by Gasteiger charge is -2.02. The van der Waals surface area contributed by atoms with Gasteiger partial charge in [0, 0.05) is 12.4 Å². The molecule has 0 aromatic heterocycles. The fraction of sp³-hybridized carbons (Fsp3) is 0.364. The van der Waals surface area contributed by atoms with Crippen LogP contribution in [0.3, 0.4) is 0 Å². The van der Waals surface area contributed by atoms with E-state index in [1.54, 1.807) is 12.4 Å². The van der Waals surface area contributed by atoms with E-state index in [1.807, 2.05) is 25.2 Å². The molecule has 0 aromatic carbocycles. The van der Waals surface area contributed by atoms with Gasteiger partial charge in [-0.3, -0.25) is 4.99 Å². The summed E-state index contributed by atoms with van der Waals surface area (Å²) in [5, 5.41) is 0. The zero-order chi connectivity index (χ0) is 9.40. The second-order valence-electron chi connectivity index (χ2n) is 2.77. The average Bonchev–Trinajstić information content (AvgIpc) is 2.04. The molecule has 0 bridgehead atoms. The Hall–Kier alpha value is -1.11. The Morgan fingerprint density at radius 2 is 2.08 bits per heavy atom. The van der Waals surface area contributed by atoms with Gasteiger partial charge in [-0.25, -0.2) is 0 Å². The number of hydrogen-bond acceptors (Lipinski definition) is 1. The normalized spacial score (nSPS) is 13.5. The monoisotopic (exact) mass is 163 g/mol. The number of rotatable bonds is 4. The molecule has 0 aliphatic carbocycles. The first-order valence-electron chi connectivity index (χ1n) is 4.19. The summed E-state index contributed by atoms with van der Waals surface area (Å²) in [6.45, 7) is 9.92. The Kier molecular flexibility index (Phi) is 5.98. The first-order valence-corrected chi connectivity index (χ1v) is 4.19. The Bertz CT molecular complexity index is 207. The molecule has 0 rings (SSSR count). The van der Waals surface area contributed by atoms with Crippen LogP contribution in [0.5, 0.6) is 0 Å². The summed E-state index contributed by atoms with van der Waals surface area (Å²) in [6.07, 6.45) is 9.37. The number of aliphatic imine (C=N–C) groups is 1. The summed E-state index contributed by atoms with van der Waals surface area (Å²) in [5.74, 6) is 0.526. The van der Waals surface area contributed by atoms with Crippen LogP contribution >= 0.6 is 0 Å². The Morgan fingerprint density at radius 3 is 2.50 bits per heavy atom. The van der Waals surface area contributed by atoms with Crippen LogP contribution in [0.25, 0.3) is 0 Å². The van der Waals surface area contributed by atoms with Gasteiger partial charge >= 0.3 is 0 Å². The third-order valence-electron chi connectivity index (χ3n) is 1.51. The van der Waals surface area contributed by atoms with Crippen LogP contribution in [0.1, 0.15) is 20.8 Å². The molecule has 0 amide bonds. The molecule has 0 aliphatic rings. The number of hydrogen-bond donors (Lipinski definition) is 0. The molecule has 0 unspecified atom stereocenters. The highest BCUT2D eigenvalue weighted by Gasteiger charge is 1.94. The van der Waals surface area contributed by atoms with Crippen molar-refractivity contribution in [3.63, 3.8) is 0 Å². The molecule has 1 nitrogen and oxygen atoms in total. The van der Waals surface area contributed by atoms with E-state index in [2.05, 4.69) is 25.4 Å². The third-order valence-corrected chi connectivity index (χ3v) is 1.51. The van der Waals surface area contributed by atoms with Crippen LogP contribution in [-0.4, -0.2) is 6.21 Å². The highest BCUT2D eigenvalue weighted by molar-refractivity contribution is 5.54. The van der Waals surface area contributed by atoms with E-state index in [0.29, 0.717) is 5.92 Å². The fourth-order valence-corrected chi connectivity index (χ4v) is 0.786. The topological polar surface area (TPSA) is 12.4 Å². The summed E-state index contributed by atoms with van der Waals surface area (Å²) in [4.78, 5) is 3.95. The number of nitrogens with zero attached hydrogens (tertiary/aromatic N) is 1. The van der Waals surface area contributed by atoms with Crippen LogP contribution in [-0.2, 0) is 0 Å². The molecule has 0 atom stereocenters. The molecule has 0 fully saturated rings. The van der Waals surface area contributed by atoms with Gasteiger partial charge in [-0.15, -0.1) is 0 Å². The second kappa shape index (κ2) is 6.59. The van der Waals surface area contributed by atoms with Crippen molar-refractivity contribution in [1.82, 2.24) is 0 Å². The largest absolute Gasteiger partial charge is 0.269 e. The molecule has 0 saturated heterocycles. The van der Waals surface area contributed by atoms with Gasteiger partial charge in [-0.2, -0.15) is 0 Å². The van der Waals surface area contributed by atoms with Crippen LogP contribution in [0.15, 0.2) is 41.6 Å². The zero-order valence-corrected chi connectivity index (χ0v) is 8.12. The predicted molar refractivity (Wildman–Crippen MR) is 56.4 cm³/mol. The molecule has 0 spiro atoms. The van der Waals surface area contributed by atoms with Gasteiger partial charge in [0.1, 0.15) is 0 Å². The van der Waals surface area contributed by atoms with Crippen molar-refractivity contribution in [1.29, 1.82) is 0 Å². The van der Waals surface area contributed by atoms with Crippen LogP contribution < -0.4 is 0 Å². The van der Waals surface area contributed by atoms with E-state index in [9.17, 15) is 0 Å². The predicted octanol–water partition coefficient (Wildman–Crippen LogP) is 3.36. The Labute approximate surface area is 75.2 Å². The Balaban J connectivity index is 4.20. The van der Waals surface area contributed by atoms with Crippen molar-refractivity contribution in [3.05, 3.63) is 36.6 Å². The maximum Gasteiger partial charge on any atom is 0.0263 e. The van der Waals surface area contributed by atoms with Crippen LogP contribution in [0.2, 0.25) is 0 Å². The summed E-state index contributed by atoms with van der Waals surface area (Å²) in [6, 6.07) is 0. The fourth-order valence-electron chi connectivity index (χ4n) is 0.786. The van der Waals surface area contributed by atoms with Gasteiger partial charge in [0.15, 0.2) is 0 Å². The maximum atomic E-state index is 3.95. The quantitative estimate of drug-likeness (QED) is 0.445. The van der Waals surface area contributed by atoms with Crippen molar-refractivity contribution in [2.24, 2.45) is 10.9 Å². The lowest BCUT2D eigenvalue weighted by Crippen LogP contribution is -1.88. The van der Waals surface area contributed by atoms with E-state index >= 15 is 0 Å². The van der Waals surface area contributed by atoms with Gasteiger partial charge in [0.25, 0.3) is 0 Å². The molecule has 0 radical (unpaired) electrons. The molecule has 66 valence electrons. The smallest absolute Gasteiger partial charge is 0.0263 e. The van der Waals surface area contributed by atoms with E-state index in [-0.39, 0.29) is 0 Å². The molecular formula is C11H17N.